The second kappa shape index (κ2) is 10.1. The minimum Gasteiger partial charge on any atom is -0.391 e. The first-order chi connectivity index (χ1) is 17.2. The predicted molar refractivity (Wildman–Crippen MR) is 143 cm³/mol. The first-order valence-electron chi connectivity index (χ1n) is 12.8. The standard InChI is InChI=1S/C27H37ClFN5O3/c1-14(2)11-27(37)8-7-19(21(35)12-27)31-25-30-13-17(28)22(33-25)16-9-18(29)23-20(10-16)34(15(3)4)24(32-23)26(5,6)36/h9-10,13-15,19,21,35-37H,7-8,11-12H2,1-6H3,(H,30,31,33). The van der Waals surface area contributed by atoms with Gasteiger partial charge in [-0.3, -0.25) is 0 Å². The lowest BCUT2D eigenvalue weighted by atomic mass is 9.76. The molecular formula is C27H37ClFN5O3. The Balaban J connectivity index is 1.67. The number of fused-ring (bicyclic) bond motifs is 1. The van der Waals surface area contributed by atoms with Crippen LogP contribution in [-0.4, -0.2) is 52.6 Å². The molecule has 3 atom stereocenters. The maximum absolute atomic E-state index is 15.3. The Hall–Kier alpha value is -2.33. The van der Waals surface area contributed by atoms with Crippen molar-refractivity contribution in [3.8, 4) is 11.3 Å². The van der Waals surface area contributed by atoms with Crippen LogP contribution in [-0.2, 0) is 5.60 Å². The van der Waals surface area contributed by atoms with E-state index < -0.39 is 23.1 Å². The molecule has 3 unspecified atom stereocenters. The number of anilines is 1. The van der Waals surface area contributed by atoms with E-state index in [4.69, 9.17) is 11.6 Å². The van der Waals surface area contributed by atoms with Gasteiger partial charge in [0.25, 0.3) is 0 Å². The molecule has 10 heteroatoms. The summed E-state index contributed by atoms with van der Waals surface area (Å²) in [6.07, 6.45) is 2.70. The SMILES string of the molecule is CC(C)CC1(O)CCC(Nc2ncc(Cl)c(-c3cc(F)c4nc(C(C)(C)O)n(C(C)C)c4c3)n2)C(O)C1. The third kappa shape index (κ3) is 5.74. The van der Waals surface area contributed by atoms with Crippen molar-refractivity contribution in [2.24, 2.45) is 5.92 Å². The van der Waals surface area contributed by atoms with Crippen molar-refractivity contribution in [2.75, 3.05) is 5.32 Å². The Kier molecular flexibility index (Phi) is 7.56. The van der Waals surface area contributed by atoms with Gasteiger partial charge in [-0.1, -0.05) is 25.4 Å². The van der Waals surface area contributed by atoms with Gasteiger partial charge in [0.1, 0.15) is 16.9 Å². The summed E-state index contributed by atoms with van der Waals surface area (Å²) in [5, 5.41) is 35.7. The molecule has 0 aliphatic heterocycles. The van der Waals surface area contributed by atoms with Crippen LogP contribution in [0.1, 0.15) is 79.1 Å². The number of halogens is 2. The molecule has 1 aromatic carbocycles. The average Bonchev–Trinajstić information content (AvgIpc) is 3.17. The smallest absolute Gasteiger partial charge is 0.223 e. The summed E-state index contributed by atoms with van der Waals surface area (Å²) >= 11 is 6.45. The summed E-state index contributed by atoms with van der Waals surface area (Å²) in [6.45, 7) is 11.2. The Morgan fingerprint density at radius 3 is 2.54 bits per heavy atom. The summed E-state index contributed by atoms with van der Waals surface area (Å²) in [5.74, 6) is 0.406. The molecule has 1 aliphatic carbocycles. The van der Waals surface area contributed by atoms with Gasteiger partial charge in [-0.2, -0.15) is 0 Å². The number of nitrogens with one attached hydrogen (secondary N) is 1. The Morgan fingerprint density at radius 2 is 1.95 bits per heavy atom. The molecule has 0 amide bonds. The first-order valence-corrected chi connectivity index (χ1v) is 13.2. The van der Waals surface area contributed by atoms with Crippen molar-refractivity contribution in [1.82, 2.24) is 19.5 Å². The highest BCUT2D eigenvalue weighted by molar-refractivity contribution is 6.33. The van der Waals surface area contributed by atoms with Gasteiger partial charge >= 0.3 is 0 Å². The highest BCUT2D eigenvalue weighted by Crippen LogP contribution is 2.37. The van der Waals surface area contributed by atoms with E-state index in [2.05, 4.69) is 34.1 Å². The van der Waals surface area contributed by atoms with Gasteiger partial charge in [-0.25, -0.2) is 19.3 Å². The Morgan fingerprint density at radius 1 is 1.24 bits per heavy atom. The molecule has 0 bridgehead atoms. The molecule has 8 nitrogen and oxygen atoms in total. The van der Waals surface area contributed by atoms with E-state index >= 15 is 4.39 Å². The molecule has 0 saturated heterocycles. The van der Waals surface area contributed by atoms with Crippen molar-refractivity contribution in [3.05, 3.63) is 35.0 Å². The van der Waals surface area contributed by atoms with Crippen LogP contribution in [0.15, 0.2) is 18.3 Å². The minimum atomic E-state index is -1.26. The van der Waals surface area contributed by atoms with Crippen molar-refractivity contribution >= 4 is 28.6 Å². The zero-order valence-corrected chi connectivity index (χ0v) is 23.0. The van der Waals surface area contributed by atoms with Crippen LogP contribution >= 0.6 is 11.6 Å². The number of hydrogen-bond donors (Lipinski definition) is 4. The van der Waals surface area contributed by atoms with Gasteiger partial charge in [-0.15, -0.1) is 0 Å². The molecule has 1 aliphatic rings. The fraction of sp³-hybridized carbons (Fsp3) is 0.593. The number of rotatable bonds is 7. The van der Waals surface area contributed by atoms with Crippen LogP contribution in [0, 0.1) is 11.7 Å². The quantitative estimate of drug-likeness (QED) is 0.330. The van der Waals surface area contributed by atoms with Gasteiger partial charge in [0.2, 0.25) is 5.95 Å². The van der Waals surface area contributed by atoms with Gasteiger partial charge in [0, 0.05) is 18.0 Å². The van der Waals surface area contributed by atoms with E-state index in [1.165, 1.54) is 12.3 Å². The molecule has 2 aromatic heterocycles. The number of nitrogens with zero attached hydrogens (tertiary/aromatic N) is 4. The van der Waals surface area contributed by atoms with Crippen LogP contribution in [0.4, 0.5) is 10.3 Å². The van der Waals surface area contributed by atoms with E-state index in [0.717, 1.165) is 0 Å². The van der Waals surface area contributed by atoms with E-state index in [1.54, 1.807) is 19.9 Å². The second-order valence-electron chi connectivity index (χ2n) is 11.6. The molecule has 1 saturated carbocycles. The van der Waals surface area contributed by atoms with Crippen molar-refractivity contribution in [1.29, 1.82) is 0 Å². The minimum absolute atomic E-state index is 0.0821. The summed E-state index contributed by atoms with van der Waals surface area (Å²) in [7, 11) is 0. The molecule has 1 fully saturated rings. The lowest BCUT2D eigenvalue weighted by molar-refractivity contribution is -0.0620. The zero-order valence-electron chi connectivity index (χ0n) is 22.3. The van der Waals surface area contributed by atoms with Crippen LogP contribution in [0.5, 0.6) is 0 Å². The van der Waals surface area contributed by atoms with E-state index in [-0.39, 0.29) is 35.0 Å². The lowest BCUT2D eigenvalue weighted by Crippen LogP contribution is -2.48. The maximum atomic E-state index is 15.3. The largest absolute Gasteiger partial charge is 0.391 e. The van der Waals surface area contributed by atoms with E-state index in [1.807, 2.05) is 18.4 Å². The third-order valence-corrected chi connectivity index (χ3v) is 7.18. The van der Waals surface area contributed by atoms with Crippen LogP contribution in [0.2, 0.25) is 5.02 Å². The molecule has 2 heterocycles. The fourth-order valence-corrected chi connectivity index (χ4v) is 5.61. The van der Waals surface area contributed by atoms with E-state index in [0.29, 0.717) is 47.8 Å². The van der Waals surface area contributed by atoms with Crippen molar-refractivity contribution in [2.45, 2.75) is 96.6 Å². The lowest BCUT2D eigenvalue weighted by Gasteiger charge is -2.40. The highest BCUT2D eigenvalue weighted by atomic mass is 35.5. The number of aliphatic hydroxyl groups excluding tert-OH is 1. The Bertz CT molecular complexity index is 1290. The molecule has 3 aromatic rings. The van der Waals surface area contributed by atoms with Crippen molar-refractivity contribution in [3.63, 3.8) is 0 Å². The first kappa shape index (κ1) is 27.7. The molecule has 202 valence electrons. The second-order valence-corrected chi connectivity index (χ2v) is 12.0. The van der Waals surface area contributed by atoms with Gasteiger partial charge in [-0.05, 0) is 65.0 Å². The topological polar surface area (TPSA) is 116 Å². The third-order valence-electron chi connectivity index (χ3n) is 6.91. The molecule has 37 heavy (non-hydrogen) atoms. The number of aromatic nitrogens is 4. The van der Waals surface area contributed by atoms with Crippen LogP contribution < -0.4 is 5.32 Å². The van der Waals surface area contributed by atoms with Gasteiger partial charge in [0.15, 0.2) is 5.82 Å². The van der Waals surface area contributed by atoms with Crippen LogP contribution in [0.3, 0.4) is 0 Å². The number of aliphatic hydroxyl groups is 3. The number of imidazole rings is 1. The highest BCUT2D eigenvalue weighted by Gasteiger charge is 2.39. The number of hydrogen-bond acceptors (Lipinski definition) is 7. The number of benzene rings is 1. The summed E-state index contributed by atoms with van der Waals surface area (Å²) in [5.41, 5.74) is -0.674. The maximum Gasteiger partial charge on any atom is 0.223 e. The zero-order chi connectivity index (χ0) is 27.3. The Labute approximate surface area is 221 Å². The normalized spacial score (nSPS) is 22.8. The summed E-state index contributed by atoms with van der Waals surface area (Å²) in [4.78, 5) is 13.2. The average molecular weight is 534 g/mol. The fourth-order valence-electron chi connectivity index (χ4n) is 5.41. The monoisotopic (exact) mass is 533 g/mol. The predicted octanol–water partition coefficient (Wildman–Crippen LogP) is 5.20. The molecule has 4 rings (SSSR count). The van der Waals surface area contributed by atoms with Crippen molar-refractivity contribution < 1.29 is 19.7 Å². The van der Waals surface area contributed by atoms with Gasteiger partial charge < -0.3 is 25.2 Å². The van der Waals surface area contributed by atoms with Gasteiger partial charge in [0.05, 0.1) is 40.2 Å². The summed E-state index contributed by atoms with van der Waals surface area (Å²) in [6, 6.07) is 2.67. The molecule has 4 N–H and O–H groups in total. The van der Waals surface area contributed by atoms with Crippen LogP contribution in [0.25, 0.3) is 22.3 Å². The summed E-state index contributed by atoms with van der Waals surface area (Å²) < 4.78 is 17.1. The molecule has 0 radical (unpaired) electrons. The van der Waals surface area contributed by atoms with E-state index in [9.17, 15) is 15.3 Å². The molecule has 0 spiro atoms. The molecular weight excluding hydrogens is 497 g/mol.